The van der Waals surface area contributed by atoms with Gasteiger partial charge in [-0.1, -0.05) is 78.1 Å². The maximum absolute atomic E-state index is 12.8. The highest BCUT2D eigenvalue weighted by Gasteiger charge is 2.27. The van der Waals surface area contributed by atoms with Gasteiger partial charge in [0.25, 0.3) is 0 Å². The number of aryl methyl sites for hydroxylation is 4. The summed E-state index contributed by atoms with van der Waals surface area (Å²) in [6, 6.07) is 0. The third kappa shape index (κ3) is 21.7. The SMILES string of the molecule is CCCCCc1oc(CCCCCCCCC(=O)OCC(COP(=O)(O)OCC[N+](C)(C)C)OC(=O)CCCCCCCCc2oc(CCC)c(C)c2C)c(C)c1C. The van der Waals surface area contributed by atoms with Crippen LogP contribution in [-0.2, 0) is 58.4 Å². The van der Waals surface area contributed by atoms with Crippen LogP contribution in [0.1, 0.15) is 175 Å². The molecule has 0 saturated heterocycles. The predicted octanol–water partition coefficient (Wildman–Crippen LogP) is 11.3. The van der Waals surface area contributed by atoms with E-state index in [1.165, 1.54) is 41.5 Å². The third-order valence-corrected chi connectivity index (χ3v) is 12.0. The Bertz CT molecular complexity index is 1510. The number of phosphoric acid groups is 1. The molecule has 0 fully saturated rings. The van der Waals surface area contributed by atoms with Crippen LogP contribution in [0.15, 0.2) is 8.83 Å². The van der Waals surface area contributed by atoms with Crippen molar-refractivity contribution in [1.29, 1.82) is 0 Å². The number of likely N-dealkylation sites (N-methyl/N-ethyl adjacent to an activating group) is 1. The molecule has 2 atom stereocenters. The number of hydrogen-bond donors (Lipinski definition) is 1. The number of carbonyl (C=O) groups excluding carboxylic acids is 2. The maximum atomic E-state index is 12.8. The fourth-order valence-corrected chi connectivity index (χ4v) is 7.69. The molecule has 0 aromatic carbocycles. The summed E-state index contributed by atoms with van der Waals surface area (Å²) in [5.41, 5.74) is 5.18. The van der Waals surface area contributed by atoms with E-state index in [1.54, 1.807) is 0 Å². The Morgan fingerprint density at radius 2 is 1.02 bits per heavy atom. The van der Waals surface area contributed by atoms with Crippen molar-refractivity contribution in [3.8, 4) is 0 Å². The van der Waals surface area contributed by atoms with Crippen molar-refractivity contribution in [2.45, 2.75) is 189 Å². The number of nitrogens with zero attached hydrogens (tertiary/aromatic N) is 1. The number of esters is 2. The molecule has 1 N–H and O–H groups in total. The van der Waals surface area contributed by atoms with Gasteiger partial charge in [0.15, 0.2) is 6.10 Å². The van der Waals surface area contributed by atoms with E-state index >= 15 is 0 Å². The molecule has 11 nitrogen and oxygen atoms in total. The molecular formula is C46H81NO10P+. The first kappa shape index (κ1) is 51.7. The van der Waals surface area contributed by atoms with Crippen molar-refractivity contribution < 1.29 is 50.9 Å². The minimum atomic E-state index is -4.40. The van der Waals surface area contributed by atoms with Crippen molar-refractivity contribution in [2.24, 2.45) is 0 Å². The van der Waals surface area contributed by atoms with Gasteiger partial charge in [-0.15, -0.1) is 0 Å². The van der Waals surface area contributed by atoms with Gasteiger partial charge in [-0.05, 0) is 88.5 Å². The zero-order valence-electron chi connectivity index (χ0n) is 38.0. The molecule has 0 amide bonds. The van der Waals surface area contributed by atoms with Crippen LogP contribution in [0, 0.1) is 27.7 Å². The first-order valence-electron chi connectivity index (χ1n) is 22.5. The predicted molar refractivity (Wildman–Crippen MR) is 231 cm³/mol. The van der Waals surface area contributed by atoms with Crippen LogP contribution >= 0.6 is 7.82 Å². The fraction of sp³-hybridized carbons (Fsp3) is 0.783. The molecule has 0 saturated carbocycles. The minimum absolute atomic E-state index is 0.0160. The molecule has 2 unspecified atom stereocenters. The largest absolute Gasteiger partial charge is 0.472 e. The molecule has 2 aromatic heterocycles. The lowest BCUT2D eigenvalue weighted by atomic mass is 10.0. The van der Waals surface area contributed by atoms with Crippen LogP contribution in [0.3, 0.4) is 0 Å². The molecule has 0 radical (unpaired) electrons. The van der Waals surface area contributed by atoms with Gasteiger partial charge in [0, 0.05) is 38.5 Å². The molecule has 0 aliphatic rings. The summed E-state index contributed by atoms with van der Waals surface area (Å²) >= 11 is 0. The molecule has 0 aliphatic heterocycles. The van der Waals surface area contributed by atoms with Crippen LogP contribution in [-0.4, -0.2) is 74.9 Å². The summed E-state index contributed by atoms with van der Waals surface area (Å²) in [5, 5.41) is 0. The van der Waals surface area contributed by atoms with E-state index in [-0.39, 0.29) is 26.1 Å². The van der Waals surface area contributed by atoms with Crippen LogP contribution in [0.5, 0.6) is 0 Å². The van der Waals surface area contributed by atoms with Gasteiger partial charge < -0.3 is 27.7 Å². The molecular weight excluding hydrogens is 757 g/mol. The van der Waals surface area contributed by atoms with E-state index in [2.05, 4.69) is 41.5 Å². The lowest BCUT2D eigenvalue weighted by molar-refractivity contribution is -0.870. The molecule has 0 aliphatic carbocycles. The molecule has 334 valence electrons. The Labute approximate surface area is 351 Å². The lowest BCUT2D eigenvalue weighted by Gasteiger charge is -2.24. The summed E-state index contributed by atoms with van der Waals surface area (Å²) in [7, 11) is 1.42. The standard InChI is InChI=1S/C46H80NO10P/c1-10-12-21-27-42-38(5)39(6)44(57-42)29-23-17-13-15-19-24-30-45(48)52-34-40(35-54-58(50,51)53-33-32-47(7,8)9)55-46(49)31-25-20-16-14-18-22-28-43-37(4)36(3)41(56-43)26-11-2/h40H,10-35H2,1-9H3/p+1. The summed E-state index contributed by atoms with van der Waals surface area (Å²) in [5.74, 6) is 3.66. The highest BCUT2D eigenvalue weighted by molar-refractivity contribution is 7.47. The Hall–Kier alpha value is -2.43. The fourth-order valence-electron chi connectivity index (χ4n) is 6.94. The minimum Gasteiger partial charge on any atom is -0.466 e. The van der Waals surface area contributed by atoms with Gasteiger partial charge in [-0.3, -0.25) is 18.6 Å². The second-order valence-electron chi connectivity index (χ2n) is 17.3. The Morgan fingerprint density at radius 3 is 1.48 bits per heavy atom. The van der Waals surface area contributed by atoms with Crippen molar-refractivity contribution in [2.75, 3.05) is 47.5 Å². The zero-order chi connectivity index (χ0) is 43.0. The highest BCUT2D eigenvalue weighted by atomic mass is 31.2. The maximum Gasteiger partial charge on any atom is 0.472 e. The summed E-state index contributed by atoms with van der Waals surface area (Å²) in [4.78, 5) is 35.6. The van der Waals surface area contributed by atoms with Gasteiger partial charge in [0.05, 0.1) is 27.7 Å². The summed E-state index contributed by atoms with van der Waals surface area (Å²) < 4.78 is 46.8. The van der Waals surface area contributed by atoms with E-state index in [9.17, 15) is 19.0 Å². The van der Waals surface area contributed by atoms with Crippen molar-refractivity contribution in [3.05, 3.63) is 45.3 Å². The van der Waals surface area contributed by atoms with Crippen molar-refractivity contribution in [3.63, 3.8) is 0 Å². The second kappa shape index (κ2) is 28.2. The van der Waals surface area contributed by atoms with Crippen LogP contribution in [0.4, 0.5) is 0 Å². The van der Waals surface area contributed by atoms with E-state index in [0.29, 0.717) is 23.9 Å². The number of unbranched alkanes of at least 4 members (excludes halogenated alkanes) is 12. The molecule has 0 bridgehead atoms. The zero-order valence-corrected chi connectivity index (χ0v) is 38.9. The first-order chi connectivity index (χ1) is 27.6. The number of quaternary nitrogens is 1. The van der Waals surface area contributed by atoms with Crippen LogP contribution in [0.2, 0.25) is 0 Å². The molecule has 2 heterocycles. The van der Waals surface area contributed by atoms with E-state index in [4.69, 9.17) is 27.4 Å². The Kier molecular flexibility index (Phi) is 25.1. The second-order valence-corrected chi connectivity index (χ2v) is 18.7. The number of ether oxygens (including phenoxy) is 2. The monoisotopic (exact) mass is 839 g/mol. The number of phosphoric ester groups is 1. The van der Waals surface area contributed by atoms with Crippen LogP contribution in [0.25, 0.3) is 0 Å². The Morgan fingerprint density at radius 1 is 0.586 bits per heavy atom. The normalized spacial score (nSPS) is 13.5. The van der Waals surface area contributed by atoms with Gasteiger partial charge in [-0.25, -0.2) is 4.57 Å². The smallest absolute Gasteiger partial charge is 0.466 e. The topological polar surface area (TPSA) is 135 Å². The van der Waals surface area contributed by atoms with E-state index in [0.717, 1.165) is 119 Å². The molecule has 0 spiro atoms. The number of hydrogen-bond acceptors (Lipinski definition) is 9. The molecule has 2 aromatic rings. The molecule has 12 heteroatoms. The first-order valence-corrected chi connectivity index (χ1v) is 24.0. The quantitative estimate of drug-likeness (QED) is 0.0314. The summed E-state index contributed by atoms with van der Waals surface area (Å²) in [6.07, 6.45) is 19.8. The van der Waals surface area contributed by atoms with E-state index < -0.39 is 32.5 Å². The average Bonchev–Trinajstić information content (AvgIpc) is 3.58. The van der Waals surface area contributed by atoms with Crippen molar-refractivity contribution in [1.82, 2.24) is 0 Å². The van der Waals surface area contributed by atoms with Gasteiger partial charge in [0.1, 0.15) is 42.8 Å². The number of carbonyl (C=O) groups is 2. The van der Waals surface area contributed by atoms with Gasteiger partial charge in [0.2, 0.25) is 0 Å². The Balaban J connectivity index is 1.70. The number of furan rings is 2. The third-order valence-electron chi connectivity index (χ3n) is 11.0. The molecule has 58 heavy (non-hydrogen) atoms. The average molecular weight is 839 g/mol. The number of rotatable bonds is 34. The van der Waals surface area contributed by atoms with E-state index in [1.807, 2.05) is 21.1 Å². The van der Waals surface area contributed by atoms with Gasteiger partial charge >= 0.3 is 19.8 Å². The summed E-state index contributed by atoms with van der Waals surface area (Å²) in [6.45, 7) is 12.9. The van der Waals surface area contributed by atoms with Gasteiger partial charge in [-0.2, -0.15) is 0 Å². The lowest BCUT2D eigenvalue weighted by Crippen LogP contribution is -2.37. The van der Waals surface area contributed by atoms with Crippen LogP contribution < -0.4 is 0 Å². The van der Waals surface area contributed by atoms with Crippen molar-refractivity contribution >= 4 is 19.8 Å². The molecule has 2 rings (SSSR count). The highest BCUT2D eigenvalue weighted by Crippen LogP contribution is 2.43.